The fourth-order valence-corrected chi connectivity index (χ4v) is 3.54. The van der Waals surface area contributed by atoms with Gasteiger partial charge in [-0.1, -0.05) is 31.8 Å². The summed E-state index contributed by atoms with van der Waals surface area (Å²) in [5.41, 5.74) is 3.56. The highest BCUT2D eigenvalue weighted by molar-refractivity contribution is 9.10. The molecule has 0 saturated heterocycles. The number of amides is 1. The molecule has 1 amide bonds. The third-order valence-corrected chi connectivity index (χ3v) is 5.79. The number of hydrogen-bond donors (Lipinski definition) is 2. The molecule has 3 N–H and O–H groups in total. The highest BCUT2D eigenvalue weighted by atomic mass is 79.9. The Kier molecular flexibility index (Phi) is 5.44. The van der Waals surface area contributed by atoms with Gasteiger partial charge in [-0.2, -0.15) is 0 Å². The first-order valence-corrected chi connectivity index (χ1v) is 11.7. The molecule has 0 unspecified atom stereocenters. The number of carbonyl (C=O) groups excluding carboxylic acids is 1. The molecule has 0 radical (unpaired) electrons. The van der Waals surface area contributed by atoms with Gasteiger partial charge in [0.15, 0.2) is 0 Å². The Labute approximate surface area is 139 Å². The predicted octanol–water partition coefficient (Wildman–Crippen LogP) is 3.32. The topological polar surface area (TPSA) is 69.3 Å². The second-order valence-corrected chi connectivity index (χ2v) is 12.9. The largest absolute Gasteiger partial charge is 0.361 e. The van der Waals surface area contributed by atoms with Crippen molar-refractivity contribution in [2.75, 3.05) is 6.61 Å². The van der Waals surface area contributed by atoms with Gasteiger partial charge in [-0.15, -0.1) is 0 Å². The lowest BCUT2D eigenvalue weighted by atomic mass is 10.1. The summed E-state index contributed by atoms with van der Waals surface area (Å²) < 4.78 is 8.67. The van der Waals surface area contributed by atoms with Gasteiger partial charge in [0.1, 0.15) is 6.73 Å². The van der Waals surface area contributed by atoms with Crippen LogP contribution in [-0.4, -0.2) is 25.2 Å². The van der Waals surface area contributed by atoms with E-state index in [1.165, 1.54) is 0 Å². The molecular weight excluding hydrogens is 362 g/mol. The zero-order chi connectivity index (χ0) is 16.3. The van der Waals surface area contributed by atoms with Gasteiger partial charge in [0, 0.05) is 30.7 Å². The summed E-state index contributed by atoms with van der Waals surface area (Å²) in [5, 5.41) is 0.967. The first kappa shape index (κ1) is 17.2. The number of benzene rings is 1. The third-order valence-electron chi connectivity index (χ3n) is 3.45. The summed E-state index contributed by atoms with van der Waals surface area (Å²) in [4.78, 5) is 12.0. The Morgan fingerprint density at radius 2 is 2.14 bits per heavy atom. The van der Waals surface area contributed by atoms with Crippen molar-refractivity contribution >= 4 is 40.8 Å². The number of hydrogen-bond acceptors (Lipinski definition) is 3. The highest BCUT2D eigenvalue weighted by Gasteiger charge is 2.16. The Hall–Kier alpha value is -1.15. The number of halogens is 1. The van der Waals surface area contributed by atoms with Crippen molar-refractivity contribution in [3.05, 3.63) is 34.4 Å². The van der Waals surface area contributed by atoms with E-state index in [1.807, 2.05) is 22.9 Å². The van der Waals surface area contributed by atoms with Crippen LogP contribution in [0.15, 0.2) is 28.9 Å². The molecule has 7 heteroatoms. The van der Waals surface area contributed by atoms with Crippen LogP contribution in [0.25, 0.3) is 10.9 Å². The van der Waals surface area contributed by atoms with Gasteiger partial charge in [0.25, 0.3) is 5.91 Å². The second kappa shape index (κ2) is 6.95. The van der Waals surface area contributed by atoms with E-state index in [-0.39, 0.29) is 5.91 Å². The molecule has 120 valence electrons. The summed E-state index contributed by atoms with van der Waals surface area (Å²) >= 11 is 3.53. The molecule has 5 nitrogen and oxygen atoms in total. The van der Waals surface area contributed by atoms with E-state index in [4.69, 9.17) is 10.6 Å². The van der Waals surface area contributed by atoms with Crippen molar-refractivity contribution in [2.24, 2.45) is 5.84 Å². The molecule has 1 aromatic carbocycles. The number of para-hydroxylation sites is 1. The average Bonchev–Trinajstić information content (AvgIpc) is 2.79. The van der Waals surface area contributed by atoms with Gasteiger partial charge in [-0.25, -0.2) is 5.84 Å². The van der Waals surface area contributed by atoms with Crippen LogP contribution in [0, 0.1) is 0 Å². The average molecular weight is 384 g/mol. The third kappa shape index (κ3) is 3.98. The lowest BCUT2D eigenvalue weighted by molar-refractivity contribution is 0.0895. The zero-order valence-corrected chi connectivity index (χ0v) is 15.7. The van der Waals surface area contributed by atoms with Crippen LogP contribution in [0.1, 0.15) is 10.4 Å². The Balaban J connectivity index is 2.24. The van der Waals surface area contributed by atoms with Crippen LogP contribution in [0.4, 0.5) is 0 Å². The van der Waals surface area contributed by atoms with Crippen molar-refractivity contribution in [1.82, 2.24) is 9.99 Å². The van der Waals surface area contributed by atoms with Crippen LogP contribution in [0.3, 0.4) is 0 Å². The number of carbonyl (C=O) groups is 1. The Morgan fingerprint density at radius 3 is 2.77 bits per heavy atom. The molecule has 2 aromatic rings. The van der Waals surface area contributed by atoms with Crippen LogP contribution in [-0.2, 0) is 11.5 Å². The molecule has 0 atom stereocenters. The summed E-state index contributed by atoms with van der Waals surface area (Å²) in [5.74, 6) is 4.97. The molecule has 0 aliphatic rings. The monoisotopic (exact) mass is 383 g/mol. The van der Waals surface area contributed by atoms with E-state index in [0.717, 1.165) is 28.0 Å². The number of nitrogens with one attached hydrogen (secondary N) is 1. The number of aromatic nitrogens is 1. The normalized spacial score (nSPS) is 11.9. The van der Waals surface area contributed by atoms with Crippen molar-refractivity contribution in [2.45, 2.75) is 32.4 Å². The minimum Gasteiger partial charge on any atom is -0.361 e. The Morgan fingerprint density at radius 1 is 1.41 bits per heavy atom. The minimum atomic E-state index is -1.10. The maximum Gasteiger partial charge on any atom is 0.267 e. The molecule has 0 spiro atoms. The van der Waals surface area contributed by atoms with Crippen LogP contribution in [0.5, 0.6) is 0 Å². The standard InChI is InChI=1S/C15H22BrN3O2Si/c1-22(2,3)8-7-21-10-19-9-13(16)11-5-4-6-12(14(11)19)15(20)18-17/h4-6,9H,7-8,10,17H2,1-3H3,(H,18,20). The molecule has 1 heterocycles. The summed E-state index contributed by atoms with van der Waals surface area (Å²) in [6.07, 6.45) is 1.94. The van der Waals surface area contributed by atoms with Gasteiger partial charge >= 0.3 is 0 Å². The van der Waals surface area contributed by atoms with Gasteiger partial charge in [0.2, 0.25) is 0 Å². The zero-order valence-electron chi connectivity index (χ0n) is 13.1. The maximum atomic E-state index is 12.0. The van der Waals surface area contributed by atoms with Gasteiger partial charge < -0.3 is 9.30 Å². The molecule has 22 heavy (non-hydrogen) atoms. The molecule has 0 fully saturated rings. The van der Waals surface area contributed by atoms with Gasteiger partial charge in [-0.05, 0) is 28.0 Å². The number of nitrogens with zero attached hydrogens (tertiary/aromatic N) is 1. The lowest BCUT2D eigenvalue weighted by Gasteiger charge is -2.16. The number of ether oxygens (including phenoxy) is 1. The van der Waals surface area contributed by atoms with Gasteiger partial charge in [0.05, 0.1) is 11.1 Å². The predicted molar refractivity (Wildman–Crippen MR) is 95.4 cm³/mol. The summed E-state index contributed by atoms with van der Waals surface area (Å²) in [6.45, 7) is 8.12. The van der Waals surface area contributed by atoms with E-state index in [0.29, 0.717) is 12.3 Å². The number of hydrazine groups is 1. The fourth-order valence-electron chi connectivity index (χ4n) is 2.22. The molecule has 0 aliphatic heterocycles. The maximum absolute atomic E-state index is 12.0. The quantitative estimate of drug-likeness (QED) is 0.264. The van der Waals surface area contributed by atoms with Crippen LogP contribution < -0.4 is 11.3 Å². The molecule has 0 bridgehead atoms. The molecule has 2 rings (SSSR count). The van der Waals surface area contributed by atoms with Crippen LogP contribution in [0.2, 0.25) is 25.7 Å². The number of rotatable bonds is 6. The van der Waals surface area contributed by atoms with Gasteiger partial charge in [-0.3, -0.25) is 10.2 Å². The smallest absolute Gasteiger partial charge is 0.267 e. The molecule has 0 saturated carbocycles. The molecule has 0 aliphatic carbocycles. The van der Waals surface area contributed by atoms with E-state index in [9.17, 15) is 4.79 Å². The second-order valence-electron chi connectivity index (χ2n) is 6.47. The number of nitrogens with two attached hydrogens (primary N) is 1. The highest BCUT2D eigenvalue weighted by Crippen LogP contribution is 2.29. The van der Waals surface area contributed by atoms with Crippen molar-refractivity contribution in [1.29, 1.82) is 0 Å². The van der Waals surface area contributed by atoms with Crippen LogP contribution >= 0.6 is 15.9 Å². The summed E-state index contributed by atoms with van der Waals surface area (Å²) in [6, 6.07) is 6.68. The minimum absolute atomic E-state index is 0.306. The van der Waals surface area contributed by atoms with E-state index in [2.05, 4.69) is 41.0 Å². The first-order valence-electron chi connectivity index (χ1n) is 7.19. The molecular formula is C15H22BrN3O2Si. The number of nitrogen functional groups attached to an aromatic ring is 1. The molecule has 1 aromatic heterocycles. The van der Waals surface area contributed by atoms with E-state index >= 15 is 0 Å². The van der Waals surface area contributed by atoms with E-state index in [1.54, 1.807) is 6.07 Å². The van der Waals surface area contributed by atoms with Crippen molar-refractivity contribution in [3.8, 4) is 0 Å². The fraction of sp³-hybridized carbons (Fsp3) is 0.400. The summed E-state index contributed by atoms with van der Waals surface area (Å²) in [7, 11) is -1.10. The lowest BCUT2D eigenvalue weighted by Crippen LogP contribution is -2.30. The van der Waals surface area contributed by atoms with Crippen molar-refractivity contribution in [3.63, 3.8) is 0 Å². The SMILES string of the molecule is C[Si](C)(C)CCOCn1cc(Br)c2cccc(C(=O)NN)c21. The Bertz CT molecular complexity index is 679. The van der Waals surface area contributed by atoms with Crippen molar-refractivity contribution < 1.29 is 9.53 Å². The number of fused-ring (bicyclic) bond motifs is 1. The first-order chi connectivity index (χ1) is 10.3. The van der Waals surface area contributed by atoms with E-state index < -0.39 is 8.07 Å².